The summed E-state index contributed by atoms with van der Waals surface area (Å²) in [7, 11) is -6.57. The summed E-state index contributed by atoms with van der Waals surface area (Å²) >= 11 is 0. The summed E-state index contributed by atoms with van der Waals surface area (Å²) in [5.74, 6) is 0. The second kappa shape index (κ2) is 8.32. The first-order chi connectivity index (χ1) is 9.80. The Morgan fingerprint density at radius 2 is 0.810 bits per heavy atom. The summed E-state index contributed by atoms with van der Waals surface area (Å²) in [5.41, 5.74) is 17.0. The van der Waals surface area contributed by atoms with Crippen molar-refractivity contribution in [2.75, 3.05) is 19.6 Å². The molecule has 126 valence electrons. The van der Waals surface area contributed by atoms with Gasteiger partial charge in [-0.05, 0) is 76.7 Å². The lowest BCUT2D eigenvalue weighted by molar-refractivity contribution is 0.220. The van der Waals surface area contributed by atoms with Crippen LogP contribution in [-0.4, -0.2) is 45.3 Å². The molecule has 0 aliphatic carbocycles. The molecule has 9 heteroatoms. The van der Waals surface area contributed by atoms with Gasteiger partial charge in [-0.3, -0.25) is 0 Å². The van der Waals surface area contributed by atoms with E-state index in [0.717, 1.165) is 37.4 Å². The molecule has 1 aliphatic heterocycles. The van der Waals surface area contributed by atoms with Crippen LogP contribution < -0.4 is 17.2 Å². The van der Waals surface area contributed by atoms with Crippen LogP contribution in [0, 0.1) is 0 Å². The van der Waals surface area contributed by atoms with Crippen molar-refractivity contribution in [3.63, 3.8) is 0 Å². The maximum atomic E-state index is 6.47. The van der Waals surface area contributed by atoms with Gasteiger partial charge >= 0.3 is 25.7 Å². The fourth-order valence-corrected chi connectivity index (χ4v) is 20.6. The van der Waals surface area contributed by atoms with Crippen molar-refractivity contribution in [2.24, 2.45) is 17.2 Å². The maximum Gasteiger partial charge on any atom is 0.317 e. The lowest BCUT2D eigenvalue weighted by Crippen LogP contribution is -2.67. The van der Waals surface area contributed by atoms with E-state index in [9.17, 15) is 0 Å². The lowest BCUT2D eigenvalue weighted by Gasteiger charge is -2.50. The maximum absolute atomic E-state index is 6.47. The van der Waals surface area contributed by atoms with Crippen LogP contribution in [0.1, 0.15) is 19.3 Å². The first-order valence-electron chi connectivity index (χ1n) is 8.01. The standard InChI is InChI=1S/C12H33N3O3Si3/c1-19(10-4-7-13)16-20(2,11-5-8-14)18-21(3,17-19)12-6-9-15/h4-15H2,1-3H3. The first-order valence-corrected chi connectivity index (χ1v) is 15.6. The Labute approximate surface area is 132 Å². The van der Waals surface area contributed by atoms with Gasteiger partial charge in [0.1, 0.15) is 0 Å². The van der Waals surface area contributed by atoms with Gasteiger partial charge in [0.15, 0.2) is 0 Å². The van der Waals surface area contributed by atoms with Gasteiger partial charge in [0.25, 0.3) is 0 Å². The van der Waals surface area contributed by atoms with Gasteiger partial charge in [0, 0.05) is 0 Å². The Balaban J connectivity index is 2.86. The minimum atomic E-state index is -2.19. The number of hydrogen-bond acceptors (Lipinski definition) is 6. The highest BCUT2D eigenvalue weighted by molar-refractivity contribution is 6.93. The van der Waals surface area contributed by atoms with E-state index < -0.39 is 25.7 Å². The highest BCUT2D eigenvalue weighted by Gasteiger charge is 2.55. The molecule has 1 aliphatic rings. The van der Waals surface area contributed by atoms with Gasteiger partial charge in [0.05, 0.1) is 0 Å². The zero-order chi connectivity index (χ0) is 16.0. The molecule has 0 aromatic carbocycles. The van der Waals surface area contributed by atoms with Gasteiger partial charge in [-0.15, -0.1) is 0 Å². The van der Waals surface area contributed by atoms with E-state index >= 15 is 0 Å². The third-order valence-electron chi connectivity index (χ3n) is 3.80. The molecule has 0 unspecified atom stereocenters. The van der Waals surface area contributed by atoms with E-state index in [2.05, 4.69) is 19.6 Å². The van der Waals surface area contributed by atoms with E-state index in [1.54, 1.807) is 0 Å². The van der Waals surface area contributed by atoms with Crippen molar-refractivity contribution in [3.8, 4) is 0 Å². The zero-order valence-corrected chi connectivity index (χ0v) is 16.8. The molecule has 0 spiro atoms. The second-order valence-corrected chi connectivity index (χ2v) is 17.1. The third kappa shape index (κ3) is 6.20. The molecular formula is C12H33N3O3Si3. The smallest absolute Gasteiger partial charge is 0.317 e. The normalized spacial score (nSPS) is 36.9. The van der Waals surface area contributed by atoms with E-state index in [1.165, 1.54) is 0 Å². The molecule has 1 fully saturated rings. The predicted octanol–water partition coefficient (Wildman–Crippen LogP) is 1.31. The van der Waals surface area contributed by atoms with Gasteiger partial charge in [-0.1, -0.05) is 0 Å². The molecule has 0 amide bonds. The van der Waals surface area contributed by atoms with Crippen molar-refractivity contribution >= 4 is 25.7 Å². The molecule has 0 aromatic heterocycles. The van der Waals surface area contributed by atoms with Crippen LogP contribution in [0.25, 0.3) is 0 Å². The van der Waals surface area contributed by atoms with Crippen LogP contribution in [0.3, 0.4) is 0 Å². The van der Waals surface area contributed by atoms with Crippen LogP contribution in [0.15, 0.2) is 0 Å². The molecule has 0 bridgehead atoms. The van der Waals surface area contributed by atoms with Crippen LogP contribution >= 0.6 is 0 Å². The van der Waals surface area contributed by atoms with Gasteiger partial charge in [-0.2, -0.15) is 0 Å². The minimum Gasteiger partial charge on any atom is -0.416 e. The highest BCUT2D eigenvalue weighted by Crippen LogP contribution is 2.37. The summed E-state index contributed by atoms with van der Waals surface area (Å²) in [4.78, 5) is 0. The van der Waals surface area contributed by atoms with Crippen LogP contribution in [0.5, 0.6) is 0 Å². The first kappa shape index (κ1) is 19.5. The fraction of sp³-hybridized carbons (Fsp3) is 1.00. The van der Waals surface area contributed by atoms with Crippen LogP contribution in [0.4, 0.5) is 0 Å². The van der Waals surface area contributed by atoms with Crippen LogP contribution in [-0.2, 0) is 12.3 Å². The molecule has 6 nitrogen and oxygen atoms in total. The topological polar surface area (TPSA) is 106 Å². The number of hydrogen-bond donors (Lipinski definition) is 3. The molecule has 6 N–H and O–H groups in total. The SMILES string of the molecule is C[Si]1(CCCN)O[Si](C)(CCCN)O[Si](C)(CCCN)O1. The molecule has 1 heterocycles. The van der Waals surface area contributed by atoms with Crippen molar-refractivity contribution in [3.05, 3.63) is 0 Å². The number of nitrogens with two attached hydrogens (primary N) is 3. The van der Waals surface area contributed by atoms with Crippen molar-refractivity contribution < 1.29 is 12.3 Å². The summed E-state index contributed by atoms with van der Waals surface area (Å²) < 4.78 is 19.4. The summed E-state index contributed by atoms with van der Waals surface area (Å²) in [6, 6.07) is 2.84. The van der Waals surface area contributed by atoms with Crippen molar-refractivity contribution in [1.29, 1.82) is 0 Å². The zero-order valence-electron chi connectivity index (χ0n) is 13.8. The molecule has 0 radical (unpaired) electrons. The van der Waals surface area contributed by atoms with E-state index in [1.807, 2.05) is 0 Å². The van der Waals surface area contributed by atoms with Gasteiger partial charge < -0.3 is 29.5 Å². The largest absolute Gasteiger partial charge is 0.416 e. The number of rotatable bonds is 9. The molecular weight excluding hydrogens is 318 g/mol. The average molecular weight is 352 g/mol. The molecule has 0 atom stereocenters. The Morgan fingerprint density at radius 1 is 0.571 bits per heavy atom. The molecule has 1 rings (SSSR count). The van der Waals surface area contributed by atoms with E-state index in [-0.39, 0.29) is 0 Å². The third-order valence-corrected chi connectivity index (χ3v) is 17.9. The summed E-state index contributed by atoms with van der Waals surface area (Å²) in [6.07, 6.45) is 2.85. The quantitative estimate of drug-likeness (QED) is 0.541. The Kier molecular flexibility index (Phi) is 7.70. The summed E-state index contributed by atoms with van der Waals surface area (Å²) in [5, 5.41) is 0. The molecule has 1 saturated heterocycles. The predicted molar refractivity (Wildman–Crippen MR) is 93.5 cm³/mol. The molecule has 21 heavy (non-hydrogen) atoms. The minimum absolute atomic E-state index is 0.679. The summed E-state index contributed by atoms with van der Waals surface area (Å²) in [6.45, 7) is 8.56. The fourth-order valence-electron chi connectivity index (χ4n) is 3.01. The Hall–Kier alpha value is 0.411. The van der Waals surface area contributed by atoms with Crippen molar-refractivity contribution in [2.45, 2.75) is 57.0 Å². The van der Waals surface area contributed by atoms with Crippen LogP contribution in [0.2, 0.25) is 37.8 Å². The second-order valence-electron chi connectivity index (χ2n) is 6.38. The Bertz CT molecular complexity index is 270. The molecule has 0 aromatic rings. The molecule has 0 saturated carbocycles. The lowest BCUT2D eigenvalue weighted by atomic mass is 10.5. The average Bonchev–Trinajstić information content (AvgIpc) is 2.39. The van der Waals surface area contributed by atoms with E-state index in [0.29, 0.717) is 19.6 Å². The van der Waals surface area contributed by atoms with Gasteiger partial charge in [-0.25, -0.2) is 0 Å². The monoisotopic (exact) mass is 351 g/mol. The Morgan fingerprint density at radius 3 is 1.00 bits per heavy atom. The van der Waals surface area contributed by atoms with E-state index in [4.69, 9.17) is 29.5 Å². The van der Waals surface area contributed by atoms with Crippen molar-refractivity contribution in [1.82, 2.24) is 0 Å². The highest BCUT2D eigenvalue weighted by atomic mass is 28.5. The van der Waals surface area contributed by atoms with Gasteiger partial charge in [0.2, 0.25) is 0 Å².